The molecule has 152 valence electrons. The van der Waals surface area contributed by atoms with Gasteiger partial charge in [-0.05, 0) is 66.6 Å². The number of aryl methyl sites for hydroxylation is 1. The minimum Gasteiger partial charge on any atom is -0.326 e. The van der Waals surface area contributed by atoms with Crippen LogP contribution >= 0.6 is 0 Å². The number of rotatable bonds is 5. The van der Waals surface area contributed by atoms with E-state index in [9.17, 15) is 9.59 Å². The van der Waals surface area contributed by atoms with E-state index in [-0.39, 0.29) is 11.8 Å². The average Bonchev–Trinajstić information content (AvgIpc) is 2.73. The van der Waals surface area contributed by atoms with Gasteiger partial charge in [-0.15, -0.1) is 0 Å². The van der Waals surface area contributed by atoms with Gasteiger partial charge in [0, 0.05) is 36.3 Å². The van der Waals surface area contributed by atoms with Crippen LogP contribution in [0.25, 0.3) is 0 Å². The zero-order valence-electron chi connectivity index (χ0n) is 16.8. The van der Waals surface area contributed by atoms with Gasteiger partial charge in [0.05, 0.1) is 6.54 Å². The van der Waals surface area contributed by atoms with Crippen LogP contribution in [0.15, 0.2) is 78.0 Å². The van der Waals surface area contributed by atoms with Crippen LogP contribution in [0.5, 0.6) is 0 Å². The lowest BCUT2D eigenvalue weighted by atomic mass is 10.2. The topological polar surface area (TPSA) is 95.5 Å². The smallest absolute Gasteiger partial charge is 0.257 e. The van der Waals surface area contributed by atoms with Crippen LogP contribution in [-0.4, -0.2) is 22.8 Å². The van der Waals surface area contributed by atoms with E-state index in [1.54, 1.807) is 36.7 Å². The van der Waals surface area contributed by atoms with Crippen molar-refractivity contribution in [2.24, 2.45) is 4.99 Å². The van der Waals surface area contributed by atoms with Crippen molar-refractivity contribution in [3.63, 3.8) is 0 Å². The highest BCUT2D eigenvalue weighted by Crippen LogP contribution is 2.11. The van der Waals surface area contributed by atoms with E-state index >= 15 is 0 Å². The second-order valence-corrected chi connectivity index (χ2v) is 6.73. The van der Waals surface area contributed by atoms with Crippen molar-refractivity contribution >= 4 is 29.1 Å². The number of aliphatic imine (C=N–C) groups is 1. The van der Waals surface area contributed by atoms with Gasteiger partial charge in [-0.1, -0.05) is 12.1 Å². The number of carbonyl (C=O) groups is 2. The summed E-state index contributed by atoms with van der Waals surface area (Å²) in [5.41, 5.74) is 3.97. The third kappa shape index (κ3) is 6.27. The molecule has 0 aliphatic rings. The number of aromatic nitrogens is 1. The van der Waals surface area contributed by atoms with Gasteiger partial charge in [-0.25, -0.2) is 4.99 Å². The molecule has 3 aromatic rings. The number of nitrogens with one attached hydrogen (secondary N) is 3. The molecule has 0 fully saturated rings. The first-order valence-corrected chi connectivity index (χ1v) is 9.45. The zero-order chi connectivity index (χ0) is 21.3. The fraction of sp³-hybridized carbons (Fsp3) is 0.130. The molecule has 0 saturated carbocycles. The van der Waals surface area contributed by atoms with E-state index in [0.717, 1.165) is 16.8 Å². The van der Waals surface area contributed by atoms with E-state index in [0.29, 0.717) is 23.8 Å². The van der Waals surface area contributed by atoms with E-state index < -0.39 is 0 Å². The SMILES string of the molecule is CC(=O)Nc1ccc(C(=O)NC(=NCc2ccncc2)Nc2cccc(C)c2)cc1. The van der Waals surface area contributed by atoms with Crippen molar-refractivity contribution in [3.8, 4) is 0 Å². The summed E-state index contributed by atoms with van der Waals surface area (Å²) in [4.78, 5) is 32.4. The molecule has 0 aliphatic heterocycles. The average molecular weight is 401 g/mol. The summed E-state index contributed by atoms with van der Waals surface area (Å²) >= 11 is 0. The van der Waals surface area contributed by atoms with E-state index in [2.05, 4.69) is 25.9 Å². The molecule has 7 heteroatoms. The quantitative estimate of drug-likeness (QED) is 0.448. The molecule has 1 aromatic heterocycles. The van der Waals surface area contributed by atoms with Crippen molar-refractivity contribution in [1.82, 2.24) is 10.3 Å². The second kappa shape index (κ2) is 9.97. The Morgan fingerprint density at radius 3 is 2.33 bits per heavy atom. The van der Waals surface area contributed by atoms with Gasteiger partial charge < -0.3 is 10.6 Å². The van der Waals surface area contributed by atoms with E-state index in [4.69, 9.17) is 0 Å². The summed E-state index contributed by atoms with van der Waals surface area (Å²) in [5, 5.41) is 8.68. The van der Waals surface area contributed by atoms with Gasteiger partial charge in [0.2, 0.25) is 11.9 Å². The largest absolute Gasteiger partial charge is 0.326 e. The molecule has 0 aliphatic carbocycles. The molecule has 0 saturated heterocycles. The van der Waals surface area contributed by atoms with Crippen molar-refractivity contribution < 1.29 is 9.59 Å². The Bertz CT molecular complexity index is 1050. The summed E-state index contributed by atoms with van der Waals surface area (Å²) in [7, 11) is 0. The van der Waals surface area contributed by atoms with Crippen molar-refractivity contribution in [1.29, 1.82) is 0 Å². The molecular formula is C23H23N5O2. The fourth-order valence-corrected chi connectivity index (χ4v) is 2.72. The molecule has 3 rings (SSSR count). The second-order valence-electron chi connectivity index (χ2n) is 6.73. The maximum atomic E-state index is 12.7. The molecule has 2 aromatic carbocycles. The summed E-state index contributed by atoms with van der Waals surface area (Å²) in [6.07, 6.45) is 3.40. The molecule has 7 nitrogen and oxygen atoms in total. The van der Waals surface area contributed by atoms with Crippen molar-refractivity contribution in [2.75, 3.05) is 10.6 Å². The summed E-state index contributed by atoms with van der Waals surface area (Å²) < 4.78 is 0. The van der Waals surface area contributed by atoms with Gasteiger partial charge in [0.15, 0.2) is 0 Å². The molecular weight excluding hydrogens is 378 g/mol. The highest BCUT2D eigenvalue weighted by molar-refractivity contribution is 6.10. The first-order valence-electron chi connectivity index (χ1n) is 9.45. The molecule has 1 heterocycles. The maximum absolute atomic E-state index is 12.7. The van der Waals surface area contributed by atoms with Gasteiger partial charge in [-0.3, -0.25) is 19.9 Å². The number of anilines is 2. The van der Waals surface area contributed by atoms with Crippen molar-refractivity contribution in [2.45, 2.75) is 20.4 Å². The number of hydrogen-bond donors (Lipinski definition) is 3. The van der Waals surface area contributed by atoms with Crippen LogP contribution < -0.4 is 16.0 Å². The minimum absolute atomic E-state index is 0.167. The Balaban J connectivity index is 1.76. The Morgan fingerprint density at radius 1 is 0.933 bits per heavy atom. The molecule has 0 unspecified atom stereocenters. The van der Waals surface area contributed by atoms with Crippen LogP contribution in [-0.2, 0) is 11.3 Å². The minimum atomic E-state index is -0.307. The lowest BCUT2D eigenvalue weighted by Gasteiger charge is -2.13. The summed E-state index contributed by atoms with van der Waals surface area (Å²) in [6, 6.07) is 18.2. The van der Waals surface area contributed by atoms with Crippen LogP contribution in [0.2, 0.25) is 0 Å². The number of carbonyl (C=O) groups excluding carboxylic acids is 2. The third-order valence-corrected chi connectivity index (χ3v) is 4.15. The van der Waals surface area contributed by atoms with Gasteiger partial charge in [-0.2, -0.15) is 0 Å². The predicted octanol–water partition coefficient (Wildman–Crippen LogP) is 3.75. The van der Waals surface area contributed by atoms with Crippen LogP contribution in [0, 0.1) is 6.92 Å². The summed E-state index contributed by atoms with van der Waals surface area (Å²) in [6.45, 7) is 3.82. The van der Waals surface area contributed by atoms with E-state index in [1.807, 2.05) is 43.3 Å². The first-order chi connectivity index (χ1) is 14.5. The molecule has 3 N–H and O–H groups in total. The molecule has 0 bridgehead atoms. The normalized spacial score (nSPS) is 10.9. The van der Waals surface area contributed by atoms with E-state index in [1.165, 1.54) is 6.92 Å². The highest BCUT2D eigenvalue weighted by Gasteiger charge is 2.10. The number of nitrogens with zero attached hydrogens (tertiary/aromatic N) is 2. The number of pyridine rings is 1. The first kappa shape index (κ1) is 20.7. The Morgan fingerprint density at radius 2 is 1.67 bits per heavy atom. The standard InChI is InChI=1S/C23H23N5O2/c1-16-4-3-5-21(14-16)27-23(25-15-18-10-12-24-13-11-18)28-22(30)19-6-8-20(9-7-19)26-17(2)29/h3-14H,15H2,1-2H3,(H,26,29)(H2,25,27,28,30). The number of benzene rings is 2. The summed E-state index contributed by atoms with van der Waals surface area (Å²) in [5.74, 6) is -0.133. The highest BCUT2D eigenvalue weighted by atomic mass is 16.2. The Labute approximate surface area is 175 Å². The van der Waals surface area contributed by atoms with Crippen LogP contribution in [0.3, 0.4) is 0 Å². The maximum Gasteiger partial charge on any atom is 0.257 e. The van der Waals surface area contributed by atoms with Crippen LogP contribution in [0.4, 0.5) is 11.4 Å². The Kier molecular flexibility index (Phi) is 6.89. The number of hydrogen-bond acceptors (Lipinski definition) is 4. The van der Waals surface area contributed by atoms with Gasteiger partial charge in [0.25, 0.3) is 5.91 Å². The molecule has 0 atom stereocenters. The lowest BCUT2D eigenvalue weighted by molar-refractivity contribution is -0.114. The van der Waals surface area contributed by atoms with Gasteiger partial charge >= 0.3 is 0 Å². The molecule has 2 amide bonds. The lowest BCUT2D eigenvalue weighted by Crippen LogP contribution is -2.36. The number of amides is 2. The molecule has 30 heavy (non-hydrogen) atoms. The monoisotopic (exact) mass is 401 g/mol. The predicted molar refractivity (Wildman–Crippen MR) is 118 cm³/mol. The number of guanidine groups is 1. The van der Waals surface area contributed by atoms with Gasteiger partial charge in [0.1, 0.15) is 0 Å². The molecule has 0 radical (unpaired) electrons. The third-order valence-electron chi connectivity index (χ3n) is 4.15. The van der Waals surface area contributed by atoms with Crippen LogP contribution in [0.1, 0.15) is 28.4 Å². The molecule has 0 spiro atoms. The fourth-order valence-electron chi connectivity index (χ4n) is 2.72. The zero-order valence-corrected chi connectivity index (χ0v) is 16.8. The Hall–Kier alpha value is -4.00. The van der Waals surface area contributed by atoms with Crippen molar-refractivity contribution in [3.05, 3.63) is 89.7 Å².